The van der Waals surface area contributed by atoms with Crippen LogP contribution in [0, 0.1) is 0 Å². The minimum Gasteiger partial charge on any atom is -0.497 e. The Morgan fingerprint density at radius 3 is 2.09 bits per heavy atom. The predicted octanol–water partition coefficient (Wildman–Crippen LogP) is 3.37. The molecule has 118 valence electrons. The van der Waals surface area contributed by atoms with Crippen LogP contribution >= 0.6 is 0 Å². The predicted molar refractivity (Wildman–Crippen MR) is 86.6 cm³/mol. The zero-order valence-corrected chi connectivity index (χ0v) is 12.9. The Balaban J connectivity index is 1.64. The van der Waals surface area contributed by atoms with E-state index in [9.17, 15) is 0 Å². The van der Waals surface area contributed by atoms with Crippen molar-refractivity contribution >= 4 is 6.01 Å². The summed E-state index contributed by atoms with van der Waals surface area (Å²) in [5.41, 5.74) is 1.94. The first-order valence-corrected chi connectivity index (χ1v) is 7.13. The summed E-state index contributed by atoms with van der Waals surface area (Å²) in [5.74, 6) is 2.07. The molecule has 0 saturated heterocycles. The van der Waals surface area contributed by atoms with E-state index < -0.39 is 0 Å². The summed E-state index contributed by atoms with van der Waals surface area (Å²) in [6, 6.07) is 15.6. The number of benzene rings is 2. The number of aromatic nitrogens is 2. The second-order valence-corrected chi connectivity index (χ2v) is 4.84. The number of anilines is 1. The molecule has 1 N–H and O–H groups in total. The molecule has 23 heavy (non-hydrogen) atoms. The summed E-state index contributed by atoms with van der Waals surface area (Å²) in [6.45, 7) is 0.592. The summed E-state index contributed by atoms with van der Waals surface area (Å²) < 4.78 is 15.9. The number of hydrogen-bond acceptors (Lipinski definition) is 6. The molecule has 0 bridgehead atoms. The molecule has 0 amide bonds. The first kappa shape index (κ1) is 14.9. The van der Waals surface area contributed by atoms with Gasteiger partial charge in [0.25, 0.3) is 0 Å². The van der Waals surface area contributed by atoms with Crippen LogP contribution in [-0.4, -0.2) is 24.4 Å². The lowest BCUT2D eigenvalue weighted by molar-refractivity contribution is 0.414. The van der Waals surface area contributed by atoms with Crippen LogP contribution < -0.4 is 14.8 Å². The van der Waals surface area contributed by atoms with Crippen molar-refractivity contribution in [1.29, 1.82) is 0 Å². The largest absolute Gasteiger partial charge is 0.497 e. The van der Waals surface area contributed by atoms with E-state index in [1.165, 1.54) is 0 Å². The van der Waals surface area contributed by atoms with Gasteiger partial charge in [0.05, 0.1) is 14.2 Å². The SMILES string of the molecule is COc1ccc(CNc2nnc(-c3ccc(OC)cc3)o2)cc1. The molecule has 0 aliphatic heterocycles. The maximum atomic E-state index is 5.61. The van der Waals surface area contributed by atoms with Crippen LogP contribution in [0.15, 0.2) is 52.9 Å². The van der Waals surface area contributed by atoms with Gasteiger partial charge in [-0.25, -0.2) is 0 Å². The van der Waals surface area contributed by atoms with E-state index >= 15 is 0 Å². The fourth-order valence-electron chi connectivity index (χ4n) is 2.07. The lowest BCUT2D eigenvalue weighted by Gasteiger charge is -2.03. The first-order valence-electron chi connectivity index (χ1n) is 7.13. The highest BCUT2D eigenvalue weighted by atomic mass is 16.5. The number of ether oxygens (including phenoxy) is 2. The van der Waals surface area contributed by atoms with Gasteiger partial charge in [-0.2, -0.15) is 0 Å². The zero-order chi connectivity index (χ0) is 16.1. The highest BCUT2D eigenvalue weighted by molar-refractivity contribution is 5.54. The van der Waals surface area contributed by atoms with Gasteiger partial charge in [-0.3, -0.25) is 0 Å². The molecule has 0 atom stereocenters. The molecule has 6 heteroatoms. The molecule has 1 aromatic heterocycles. The Labute approximate surface area is 134 Å². The maximum Gasteiger partial charge on any atom is 0.316 e. The van der Waals surface area contributed by atoms with Crippen molar-refractivity contribution in [1.82, 2.24) is 10.2 Å². The molecule has 2 aromatic carbocycles. The molecule has 0 spiro atoms. The molecule has 1 heterocycles. The quantitative estimate of drug-likeness (QED) is 0.752. The summed E-state index contributed by atoms with van der Waals surface area (Å²) in [4.78, 5) is 0. The zero-order valence-electron chi connectivity index (χ0n) is 12.9. The maximum absolute atomic E-state index is 5.61. The molecule has 0 aliphatic rings. The Kier molecular flexibility index (Phi) is 4.42. The smallest absolute Gasteiger partial charge is 0.316 e. The van der Waals surface area contributed by atoms with Crippen molar-refractivity contribution in [3.05, 3.63) is 54.1 Å². The average molecular weight is 311 g/mol. The van der Waals surface area contributed by atoms with Gasteiger partial charge in [-0.1, -0.05) is 17.2 Å². The van der Waals surface area contributed by atoms with Crippen LogP contribution in [-0.2, 0) is 6.54 Å². The number of nitrogens with zero attached hydrogens (tertiary/aromatic N) is 2. The number of hydrogen-bond donors (Lipinski definition) is 1. The van der Waals surface area contributed by atoms with Gasteiger partial charge in [-0.05, 0) is 42.0 Å². The minimum atomic E-state index is 0.381. The lowest BCUT2D eigenvalue weighted by atomic mass is 10.2. The van der Waals surface area contributed by atoms with Crippen molar-refractivity contribution in [2.45, 2.75) is 6.54 Å². The summed E-state index contributed by atoms with van der Waals surface area (Å²) in [6.07, 6.45) is 0. The summed E-state index contributed by atoms with van der Waals surface area (Å²) in [7, 11) is 3.27. The topological polar surface area (TPSA) is 69.4 Å². The summed E-state index contributed by atoms with van der Waals surface area (Å²) >= 11 is 0. The highest BCUT2D eigenvalue weighted by Crippen LogP contribution is 2.22. The highest BCUT2D eigenvalue weighted by Gasteiger charge is 2.08. The Hall–Kier alpha value is -3.02. The van der Waals surface area contributed by atoms with Gasteiger partial charge in [0.15, 0.2) is 0 Å². The van der Waals surface area contributed by atoms with Crippen molar-refractivity contribution in [2.24, 2.45) is 0 Å². The number of nitrogens with one attached hydrogen (secondary N) is 1. The molecule has 0 fully saturated rings. The van der Waals surface area contributed by atoms with E-state index in [0.717, 1.165) is 22.6 Å². The molecule has 3 rings (SSSR count). The standard InChI is InChI=1S/C17H17N3O3/c1-21-14-7-3-12(4-8-14)11-18-17-20-19-16(23-17)13-5-9-15(22-2)10-6-13/h3-10H,11H2,1-2H3,(H,18,20). The van der Waals surface area contributed by atoms with Gasteiger partial charge in [0, 0.05) is 12.1 Å². The van der Waals surface area contributed by atoms with Crippen LogP contribution in [0.25, 0.3) is 11.5 Å². The summed E-state index contributed by atoms with van der Waals surface area (Å²) in [5, 5.41) is 11.1. The van der Waals surface area contributed by atoms with E-state index in [-0.39, 0.29) is 0 Å². The Morgan fingerprint density at radius 2 is 1.48 bits per heavy atom. The van der Waals surface area contributed by atoms with E-state index in [2.05, 4.69) is 15.5 Å². The molecule has 0 radical (unpaired) electrons. The third-order valence-electron chi connectivity index (χ3n) is 3.36. The van der Waals surface area contributed by atoms with Crippen LogP contribution in [0.4, 0.5) is 6.01 Å². The van der Waals surface area contributed by atoms with Crippen LogP contribution in [0.2, 0.25) is 0 Å². The number of methoxy groups -OCH3 is 2. The molecule has 0 saturated carbocycles. The van der Waals surface area contributed by atoms with E-state index in [1.54, 1.807) is 14.2 Å². The second-order valence-electron chi connectivity index (χ2n) is 4.84. The average Bonchev–Trinajstić information content (AvgIpc) is 3.09. The molecular formula is C17H17N3O3. The fraction of sp³-hybridized carbons (Fsp3) is 0.176. The van der Waals surface area contributed by atoms with Gasteiger partial charge >= 0.3 is 6.01 Å². The van der Waals surface area contributed by atoms with Crippen molar-refractivity contribution in [3.8, 4) is 23.0 Å². The van der Waals surface area contributed by atoms with Crippen molar-refractivity contribution in [2.75, 3.05) is 19.5 Å². The van der Waals surface area contributed by atoms with Crippen LogP contribution in [0.1, 0.15) is 5.56 Å². The molecule has 0 aliphatic carbocycles. The van der Waals surface area contributed by atoms with Crippen molar-refractivity contribution in [3.63, 3.8) is 0 Å². The molecular weight excluding hydrogens is 294 g/mol. The lowest BCUT2D eigenvalue weighted by Crippen LogP contribution is -1.99. The van der Waals surface area contributed by atoms with E-state index in [0.29, 0.717) is 18.5 Å². The second kappa shape index (κ2) is 6.83. The Morgan fingerprint density at radius 1 is 0.870 bits per heavy atom. The van der Waals surface area contributed by atoms with Gasteiger partial charge in [0.1, 0.15) is 11.5 Å². The van der Waals surface area contributed by atoms with Gasteiger partial charge < -0.3 is 19.2 Å². The first-order chi connectivity index (χ1) is 11.3. The third kappa shape index (κ3) is 3.60. The van der Waals surface area contributed by atoms with Gasteiger partial charge in [-0.15, -0.1) is 5.10 Å². The van der Waals surface area contributed by atoms with Gasteiger partial charge in [0.2, 0.25) is 5.89 Å². The monoisotopic (exact) mass is 311 g/mol. The fourth-order valence-corrected chi connectivity index (χ4v) is 2.07. The van der Waals surface area contributed by atoms with E-state index in [4.69, 9.17) is 13.9 Å². The van der Waals surface area contributed by atoms with E-state index in [1.807, 2.05) is 48.5 Å². The van der Waals surface area contributed by atoms with Crippen molar-refractivity contribution < 1.29 is 13.9 Å². The number of rotatable bonds is 6. The van der Waals surface area contributed by atoms with Crippen LogP contribution in [0.5, 0.6) is 11.5 Å². The minimum absolute atomic E-state index is 0.381. The molecule has 3 aromatic rings. The van der Waals surface area contributed by atoms with Crippen LogP contribution in [0.3, 0.4) is 0 Å². The third-order valence-corrected chi connectivity index (χ3v) is 3.36. The molecule has 0 unspecified atom stereocenters. The molecule has 6 nitrogen and oxygen atoms in total. The normalized spacial score (nSPS) is 10.3. The Bertz CT molecular complexity index is 752.